The van der Waals surface area contributed by atoms with Crippen LogP contribution in [0.15, 0.2) is 59.7 Å². The molecular formula is C24H21F4N3O3. The van der Waals surface area contributed by atoms with Crippen molar-refractivity contribution < 1.29 is 32.2 Å². The van der Waals surface area contributed by atoms with E-state index in [2.05, 4.69) is 10.1 Å². The van der Waals surface area contributed by atoms with Crippen LogP contribution in [0, 0.1) is 0 Å². The summed E-state index contributed by atoms with van der Waals surface area (Å²) in [5.74, 6) is -0.512. The molecule has 1 N–H and O–H groups in total. The first-order valence-corrected chi connectivity index (χ1v) is 10.5. The van der Waals surface area contributed by atoms with Crippen molar-refractivity contribution in [2.45, 2.75) is 44.9 Å². The third kappa shape index (κ3) is 4.33. The summed E-state index contributed by atoms with van der Waals surface area (Å²) < 4.78 is 59.4. The maximum absolute atomic E-state index is 13.7. The quantitative estimate of drug-likeness (QED) is 0.503. The fourth-order valence-corrected chi connectivity index (χ4v) is 3.69. The number of amides is 1. The van der Waals surface area contributed by atoms with Gasteiger partial charge < -0.3 is 9.84 Å². The van der Waals surface area contributed by atoms with E-state index in [4.69, 9.17) is 4.74 Å². The van der Waals surface area contributed by atoms with Gasteiger partial charge in [0.05, 0.1) is 22.9 Å². The average molecular weight is 475 g/mol. The Balaban J connectivity index is 1.81. The first-order valence-electron chi connectivity index (χ1n) is 10.5. The minimum absolute atomic E-state index is 0.0263. The zero-order chi connectivity index (χ0) is 24.6. The van der Waals surface area contributed by atoms with Crippen molar-refractivity contribution in [2.24, 2.45) is 5.10 Å². The molecular weight excluding hydrogens is 454 g/mol. The molecule has 2 heterocycles. The topological polar surface area (TPSA) is 75.0 Å². The maximum atomic E-state index is 13.7. The monoisotopic (exact) mass is 475 g/mol. The molecule has 1 amide bonds. The zero-order valence-corrected chi connectivity index (χ0v) is 18.3. The summed E-state index contributed by atoms with van der Waals surface area (Å²) in [7, 11) is 0. The van der Waals surface area contributed by atoms with E-state index in [0.717, 1.165) is 0 Å². The number of ether oxygens (including phenoxy) is 1. The van der Waals surface area contributed by atoms with E-state index >= 15 is 0 Å². The van der Waals surface area contributed by atoms with Gasteiger partial charge in [0.15, 0.2) is 0 Å². The van der Waals surface area contributed by atoms with Gasteiger partial charge in [-0.2, -0.15) is 10.1 Å². The van der Waals surface area contributed by atoms with Crippen LogP contribution in [0.5, 0.6) is 5.75 Å². The molecule has 1 aliphatic heterocycles. The van der Waals surface area contributed by atoms with Gasteiger partial charge >= 0.3 is 0 Å². The number of carbonyl (C=O) groups is 1. The second-order valence-corrected chi connectivity index (χ2v) is 8.13. The third-order valence-corrected chi connectivity index (χ3v) is 5.30. The highest BCUT2D eigenvalue weighted by molar-refractivity contribution is 6.08. The number of alkyl halides is 4. The van der Waals surface area contributed by atoms with Gasteiger partial charge in [0.2, 0.25) is 5.72 Å². The summed E-state index contributed by atoms with van der Waals surface area (Å²) in [5.41, 5.74) is -2.95. The molecule has 178 valence electrons. The van der Waals surface area contributed by atoms with Gasteiger partial charge in [0, 0.05) is 17.4 Å². The number of para-hydroxylation sites is 1. The lowest BCUT2D eigenvalue weighted by molar-refractivity contribution is -0.164. The molecule has 0 saturated carbocycles. The zero-order valence-electron chi connectivity index (χ0n) is 18.3. The lowest BCUT2D eigenvalue weighted by Gasteiger charge is -2.30. The SMILES string of the molecule is CC(C)Oc1ccc(-c2cc(C(=O)N3N=C(C(F)F)C[C@@]3(O)C(F)F)c3ccccc3n2)cc1. The van der Waals surface area contributed by atoms with Gasteiger partial charge in [0.1, 0.15) is 11.5 Å². The predicted octanol–water partition coefficient (Wildman–Crippen LogP) is 5.11. The number of benzene rings is 2. The molecule has 3 aromatic rings. The molecule has 0 saturated heterocycles. The second-order valence-electron chi connectivity index (χ2n) is 8.13. The molecule has 1 aliphatic rings. The number of halogens is 4. The number of hydrazone groups is 1. The fourth-order valence-electron chi connectivity index (χ4n) is 3.69. The minimum Gasteiger partial charge on any atom is -0.491 e. The predicted molar refractivity (Wildman–Crippen MR) is 118 cm³/mol. The number of hydrogen-bond acceptors (Lipinski definition) is 5. The molecule has 10 heteroatoms. The average Bonchev–Trinajstić information content (AvgIpc) is 3.17. The van der Waals surface area contributed by atoms with E-state index < -0.39 is 36.6 Å². The summed E-state index contributed by atoms with van der Waals surface area (Å²) in [6, 6.07) is 14.7. The highest BCUT2D eigenvalue weighted by Gasteiger charge is 2.53. The minimum atomic E-state index is -3.52. The number of nitrogens with zero attached hydrogens (tertiary/aromatic N) is 3. The molecule has 1 atom stereocenters. The lowest BCUT2D eigenvalue weighted by atomic mass is 10.0. The molecule has 4 rings (SSSR count). The fraction of sp³-hybridized carbons (Fsp3) is 0.292. The van der Waals surface area contributed by atoms with E-state index in [0.29, 0.717) is 27.9 Å². The Bertz CT molecular complexity index is 1250. The van der Waals surface area contributed by atoms with Crippen molar-refractivity contribution in [3.05, 3.63) is 60.2 Å². The van der Waals surface area contributed by atoms with Gasteiger partial charge in [-0.3, -0.25) is 4.79 Å². The van der Waals surface area contributed by atoms with Crippen LogP contribution in [0.4, 0.5) is 17.6 Å². The van der Waals surface area contributed by atoms with Crippen LogP contribution in [0.1, 0.15) is 30.6 Å². The van der Waals surface area contributed by atoms with Crippen molar-refractivity contribution in [1.29, 1.82) is 0 Å². The highest BCUT2D eigenvalue weighted by Crippen LogP contribution is 2.36. The molecule has 6 nitrogen and oxygen atoms in total. The van der Waals surface area contributed by atoms with E-state index in [1.54, 1.807) is 48.5 Å². The number of rotatable bonds is 6. The Morgan fingerprint density at radius 2 is 1.76 bits per heavy atom. The summed E-state index contributed by atoms with van der Waals surface area (Å²) in [6.45, 7) is 3.77. The molecule has 0 fully saturated rings. The molecule has 2 aromatic carbocycles. The Hall–Kier alpha value is -3.53. The molecule has 1 aromatic heterocycles. The van der Waals surface area contributed by atoms with Gasteiger partial charge in [-0.15, -0.1) is 0 Å². The van der Waals surface area contributed by atoms with Crippen LogP contribution in [-0.2, 0) is 0 Å². The van der Waals surface area contributed by atoms with Gasteiger partial charge in [0.25, 0.3) is 18.8 Å². The molecule has 0 aliphatic carbocycles. The Morgan fingerprint density at radius 1 is 1.09 bits per heavy atom. The number of hydrogen-bond donors (Lipinski definition) is 1. The third-order valence-electron chi connectivity index (χ3n) is 5.30. The number of carbonyl (C=O) groups excluding carboxylic acids is 1. The van der Waals surface area contributed by atoms with Crippen LogP contribution < -0.4 is 4.74 Å². The Kier molecular flexibility index (Phi) is 6.26. The summed E-state index contributed by atoms with van der Waals surface area (Å²) in [4.78, 5) is 17.9. The van der Waals surface area contributed by atoms with Crippen molar-refractivity contribution in [2.75, 3.05) is 0 Å². The van der Waals surface area contributed by atoms with Crippen LogP contribution >= 0.6 is 0 Å². The van der Waals surface area contributed by atoms with E-state index in [1.807, 2.05) is 13.8 Å². The van der Waals surface area contributed by atoms with Crippen molar-refractivity contribution in [3.63, 3.8) is 0 Å². The first kappa shape index (κ1) is 23.6. The highest BCUT2D eigenvalue weighted by atomic mass is 19.3. The van der Waals surface area contributed by atoms with E-state index in [9.17, 15) is 27.5 Å². The standard InChI is InChI=1S/C24H21F4N3O3/c1-13(2)34-15-9-7-14(8-10-15)19-11-17(16-5-3-4-6-18(16)29-19)22(32)31-24(33,23(27)28)12-20(30-31)21(25)26/h3-11,13,21,23,33H,12H2,1-2H3/t24-/m1/s1. The van der Waals surface area contributed by atoms with E-state index in [-0.39, 0.29) is 16.7 Å². The van der Waals surface area contributed by atoms with Gasteiger partial charge in [-0.25, -0.2) is 22.5 Å². The van der Waals surface area contributed by atoms with Crippen LogP contribution in [0.3, 0.4) is 0 Å². The lowest BCUT2D eigenvalue weighted by Crippen LogP contribution is -2.51. The molecule has 0 radical (unpaired) electrons. The van der Waals surface area contributed by atoms with Gasteiger partial charge in [-0.1, -0.05) is 18.2 Å². The van der Waals surface area contributed by atoms with Crippen molar-refractivity contribution in [3.8, 4) is 17.0 Å². The normalized spacial score (nSPS) is 18.3. The summed E-state index contributed by atoms with van der Waals surface area (Å²) in [5, 5.41) is 14.1. The number of fused-ring (bicyclic) bond motifs is 1. The Labute approximate surface area is 192 Å². The van der Waals surface area contributed by atoms with Crippen LogP contribution in [0.25, 0.3) is 22.2 Å². The number of aromatic nitrogens is 1. The molecule has 0 unspecified atom stereocenters. The molecule has 0 spiro atoms. The Morgan fingerprint density at radius 3 is 2.38 bits per heavy atom. The number of pyridine rings is 1. The largest absolute Gasteiger partial charge is 0.491 e. The molecule has 0 bridgehead atoms. The van der Waals surface area contributed by atoms with Crippen LogP contribution in [0.2, 0.25) is 0 Å². The first-order chi connectivity index (χ1) is 16.1. The van der Waals surface area contributed by atoms with Crippen LogP contribution in [-0.4, -0.2) is 51.4 Å². The summed E-state index contributed by atoms with van der Waals surface area (Å²) >= 11 is 0. The van der Waals surface area contributed by atoms with Crippen molar-refractivity contribution >= 4 is 22.5 Å². The number of aliphatic hydroxyl groups is 1. The van der Waals surface area contributed by atoms with E-state index in [1.165, 1.54) is 6.07 Å². The van der Waals surface area contributed by atoms with Gasteiger partial charge in [-0.05, 0) is 50.2 Å². The molecule has 34 heavy (non-hydrogen) atoms. The maximum Gasteiger partial charge on any atom is 0.287 e. The van der Waals surface area contributed by atoms with Crippen molar-refractivity contribution in [1.82, 2.24) is 9.99 Å². The smallest absolute Gasteiger partial charge is 0.287 e. The summed E-state index contributed by atoms with van der Waals surface area (Å²) in [6.07, 6.45) is -7.89. The second kappa shape index (κ2) is 9.02.